The summed E-state index contributed by atoms with van der Waals surface area (Å²) in [5.41, 5.74) is 2.48. The summed E-state index contributed by atoms with van der Waals surface area (Å²) in [4.78, 5) is 29.5. The molecule has 2 aromatic carbocycles. The molecule has 38 heavy (non-hydrogen) atoms. The molecule has 0 bridgehead atoms. The van der Waals surface area contributed by atoms with Gasteiger partial charge in [0.1, 0.15) is 24.2 Å². The minimum atomic E-state index is -0.442. The number of amides is 1. The molecular weight excluding hydrogens is 506 g/mol. The van der Waals surface area contributed by atoms with E-state index in [4.69, 9.17) is 21.4 Å². The van der Waals surface area contributed by atoms with Gasteiger partial charge in [-0.05, 0) is 66.8 Å². The fraction of sp³-hybridized carbons (Fsp3) is 0.148. The number of anilines is 2. The topological polar surface area (TPSA) is 123 Å². The molecule has 0 spiro atoms. The minimum Gasteiger partial charge on any atom is -0.459 e. The number of ether oxygens (including phenoxy) is 1. The molecular formula is C27H23N5O5S. The number of carbonyl (C=O) groups is 1. The number of nitro groups is 1. The largest absolute Gasteiger partial charge is 0.459 e. The summed E-state index contributed by atoms with van der Waals surface area (Å²) in [7, 11) is 1.46. The SMILES string of the molecule is COCC(=O)Nc1ccc(N2C(=S)NC(c3ccccn3)C2c2ccc(-c3ccccc3[N+](=O)[O-])o2)cc1. The number of nitrogens with zero attached hydrogens (tertiary/aromatic N) is 3. The molecule has 2 aromatic heterocycles. The van der Waals surface area contributed by atoms with Crippen LogP contribution in [0.15, 0.2) is 89.5 Å². The predicted octanol–water partition coefficient (Wildman–Crippen LogP) is 5.01. The number of carbonyl (C=O) groups excluding carboxylic acids is 1. The molecule has 10 nitrogen and oxygen atoms in total. The Labute approximate surface area is 223 Å². The van der Waals surface area contributed by atoms with Crippen LogP contribution < -0.4 is 15.5 Å². The van der Waals surface area contributed by atoms with Gasteiger partial charge in [0.2, 0.25) is 5.91 Å². The van der Waals surface area contributed by atoms with Crippen LogP contribution in [-0.4, -0.2) is 34.6 Å². The second-order valence-electron chi connectivity index (χ2n) is 8.50. The Morgan fingerprint density at radius 2 is 1.89 bits per heavy atom. The number of nitro benzene ring substituents is 1. The van der Waals surface area contributed by atoms with Crippen molar-refractivity contribution in [1.29, 1.82) is 0 Å². The highest BCUT2D eigenvalue weighted by molar-refractivity contribution is 7.80. The first-order chi connectivity index (χ1) is 18.5. The summed E-state index contributed by atoms with van der Waals surface area (Å²) in [6.07, 6.45) is 1.71. The Kier molecular flexibility index (Phi) is 7.11. The van der Waals surface area contributed by atoms with Crippen LogP contribution >= 0.6 is 12.2 Å². The highest BCUT2D eigenvalue weighted by atomic mass is 32.1. The van der Waals surface area contributed by atoms with Crippen LogP contribution in [0, 0.1) is 10.1 Å². The van der Waals surface area contributed by atoms with E-state index in [1.165, 1.54) is 13.2 Å². The summed E-state index contributed by atoms with van der Waals surface area (Å²) in [5, 5.41) is 18.2. The van der Waals surface area contributed by atoms with Gasteiger partial charge >= 0.3 is 0 Å². The number of nitrogens with one attached hydrogen (secondary N) is 2. The standard InChI is InChI=1S/C27H23N5O5S/c1-36-16-24(33)29-17-9-11-18(12-10-17)31-26(25(30-27(31)38)20-7-4-5-15-28-20)23-14-13-22(37-23)19-6-2-3-8-21(19)32(34)35/h2-15,25-26H,16H2,1H3,(H,29,33)(H,30,38). The predicted molar refractivity (Wildman–Crippen MR) is 146 cm³/mol. The minimum absolute atomic E-state index is 0.0438. The summed E-state index contributed by atoms with van der Waals surface area (Å²) in [5.74, 6) is 0.671. The Morgan fingerprint density at radius 3 is 2.61 bits per heavy atom. The van der Waals surface area contributed by atoms with Gasteiger partial charge in [-0.1, -0.05) is 18.2 Å². The lowest BCUT2D eigenvalue weighted by molar-refractivity contribution is -0.384. The average molecular weight is 530 g/mol. The van der Waals surface area contributed by atoms with E-state index < -0.39 is 11.0 Å². The number of methoxy groups -OCH3 is 1. The van der Waals surface area contributed by atoms with E-state index in [0.29, 0.717) is 27.9 Å². The molecule has 192 valence electrons. The normalized spacial score (nSPS) is 16.8. The van der Waals surface area contributed by atoms with Crippen molar-refractivity contribution in [3.63, 3.8) is 0 Å². The Hall–Kier alpha value is -4.61. The summed E-state index contributed by atoms with van der Waals surface area (Å²) in [6, 6.07) is 22.0. The molecule has 4 aromatic rings. The summed E-state index contributed by atoms with van der Waals surface area (Å²) >= 11 is 5.74. The second kappa shape index (κ2) is 10.8. The molecule has 0 saturated carbocycles. The number of furan rings is 1. The number of benzene rings is 2. The Morgan fingerprint density at radius 1 is 1.13 bits per heavy atom. The van der Waals surface area contributed by atoms with Crippen molar-refractivity contribution < 1.29 is 18.9 Å². The Balaban J connectivity index is 1.53. The van der Waals surface area contributed by atoms with E-state index in [0.717, 1.165) is 11.4 Å². The van der Waals surface area contributed by atoms with Gasteiger partial charge in [-0.25, -0.2) is 0 Å². The molecule has 5 rings (SSSR count). The van der Waals surface area contributed by atoms with Crippen LogP contribution in [0.25, 0.3) is 11.3 Å². The summed E-state index contributed by atoms with van der Waals surface area (Å²) in [6.45, 7) is -0.0455. The zero-order valence-corrected chi connectivity index (χ0v) is 21.1. The van der Waals surface area contributed by atoms with Crippen molar-refractivity contribution in [2.24, 2.45) is 0 Å². The molecule has 11 heteroatoms. The van der Waals surface area contributed by atoms with Gasteiger partial charge in [0, 0.05) is 30.7 Å². The monoisotopic (exact) mass is 529 g/mol. The molecule has 1 aliphatic heterocycles. The van der Waals surface area contributed by atoms with E-state index in [1.807, 2.05) is 35.2 Å². The van der Waals surface area contributed by atoms with Crippen LogP contribution in [0.2, 0.25) is 0 Å². The quantitative estimate of drug-likeness (QED) is 0.184. The fourth-order valence-electron chi connectivity index (χ4n) is 4.45. The third-order valence-electron chi connectivity index (χ3n) is 6.09. The number of pyridine rings is 1. The van der Waals surface area contributed by atoms with Gasteiger partial charge in [0.05, 0.1) is 22.2 Å². The Bertz CT molecular complexity index is 1470. The maximum absolute atomic E-state index is 11.9. The number of aromatic nitrogens is 1. The highest BCUT2D eigenvalue weighted by Gasteiger charge is 2.42. The van der Waals surface area contributed by atoms with Crippen LogP contribution in [0.5, 0.6) is 0 Å². The molecule has 2 N–H and O–H groups in total. The van der Waals surface area contributed by atoms with Gasteiger partial charge in [-0.15, -0.1) is 0 Å². The first kappa shape index (κ1) is 25.1. The van der Waals surface area contributed by atoms with Crippen molar-refractivity contribution in [3.05, 3.63) is 107 Å². The van der Waals surface area contributed by atoms with Gasteiger partial charge in [0.25, 0.3) is 5.69 Å². The van der Waals surface area contributed by atoms with E-state index in [1.54, 1.807) is 48.7 Å². The van der Waals surface area contributed by atoms with Crippen molar-refractivity contribution >= 4 is 40.3 Å². The number of hydrogen-bond donors (Lipinski definition) is 2. The molecule has 1 amide bonds. The molecule has 0 radical (unpaired) electrons. The van der Waals surface area contributed by atoms with Crippen LogP contribution in [0.4, 0.5) is 17.1 Å². The smallest absolute Gasteiger partial charge is 0.280 e. The fourth-order valence-corrected chi connectivity index (χ4v) is 4.80. The third-order valence-corrected chi connectivity index (χ3v) is 6.40. The van der Waals surface area contributed by atoms with Crippen molar-refractivity contribution in [1.82, 2.24) is 10.3 Å². The molecule has 1 aliphatic rings. The maximum atomic E-state index is 11.9. The van der Waals surface area contributed by atoms with Crippen LogP contribution in [0.1, 0.15) is 23.5 Å². The third kappa shape index (κ3) is 4.97. The molecule has 1 saturated heterocycles. The highest BCUT2D eigenvalue weighted by Crippen LogP contribution is 2.43. The molecule has 0 aliphatic carbocycles. The maximum Gasteiger partial charge on any atom is 0.280 e. The molecule has 1 fully saturated rings. The zero-order valence-electron chi connectivity index (χ0n) is 20.2. The van der Waals surface area contributed by atoms with Crippen molar-refractivity contribution in [3.8, 4) is 11.3 Å². The lowest BCUT2D eigenvalue weighted by atomic mass is 10.0. The molecule has 3 heterocycles. The van der Waals surface area contributed by atoms with Gasteiger partial charge in [-0.2, -0.15) is 0 Å². The van der Waals surface area contributed by atoms with Crippen molar-refractivity contribution in [2.45, 2.75) is 12.1 Å². The molecule has 2 atom stereocenters. The van der Waals surface area contributed by atoms with Crippen molar-refractivity contribution in [2.75, 3.05) is 23.9 Å². The lowest BCUT2D eigenvalue weighted by Crippen LogP contribution is -2.29. The van der Waals surface area contributed by atoms with Gasteiger partial charge in [-0.3, -0.25) is 19.9 Å². The second-order valence-corrected chi connectivity index (χ2v) is 8.89. The first-order valence-electron chi connectivity index (χ1n) is 11.7. The van der Waals surface area contributed by atoms with E-state index in [9.17, 15) is 14.9 Å². The number of para-hydroxylation sites is 1. The number of hydrogen-bond acceptors (Lipinski definition) is 7. The summed E-state index contributed by atoms with van der Waals surface area (Å²) < 4.78 is 11.1. The lowest BCUT2D eigenvalue weighted by Gasteiger charge is -2.26. The van der Waals surface area contributed by atoms with E-state index in [-0.39, 0.29) is 24.2 Å². The van der Waals surface area contributed by atoms with Crippen LogP contribution in [0.3, 0.4) is 0 Å². The van der Waals surface area contributed by atoms with Gasteiger partial charge < -0.3 is 24.7 Å². The average Bonchev–Trinajstić information content (AvgIpc) is 3.54. The van der Waals surface area contributed by atoms with E-state index >= 15 is 0 Å². The van der Waals surface area contributed by atoms with E-state index in [2.05, 4.69) is 15.6 Å². The van der Waals surface area contributed by atoms with Crippen LogP contribution in [-0.2, 0) is 9.53 Å². The zero-order chi connectivity index (χ0) is 26.6. The van der Waals surface area contributed by atoms with Gasteiger partial charge in [0.15, 0.2) is 5.11 Å². The number of rotatable bonds is 8. The molecule has 2 unspecified atom stereocenters. The number of thiocarbonyl (C=S) groups is 1. The first-order valence-corrected chi connectivity index (χ1v) is 12.1.